The van der Waals surface area contributed by atoms with Gasteiger partial charge in [-0.2, -0.15) is 5.10 Å². The van der Waals surface area contributed by atoms with E-state index in [1.165, 1.54) is 6.07 Å². The van der Waals surface area contributed by atoms with Crippen LogP contribution < -0.4 is 10.6 Å². The van der Waals surface area contributed by atoms with Gasteiger partial charge in [0, 0.05) is 12.0 Å². The summed E-state index contributed by atoms with van der Waals surface area (Å²) in [4.78, 5) is 12.3. The highest BCUT2D eigenvalue weighted by molar-refractivity contribution is 6.00. The number of rotatable bonds is 2. The second-order valence-electron chi connectivity index (χ2n) is 5.30. The molecule has 1 fully saturated rings. The molecule has 6 heteroatoms. The van der Waals surface area contributed by atoms with E-state index >= 15 is 0 Å². The summed E-state index contributed by atoms with van der Waals surface area (Å²) in [6.07, 6.45) is 1.58. The van der Waals surface area contributed by atoms with E-state index in [1.54, 1.807) is 12.1 Å². The Morgan fingerprint density at radius 2 is 2.35 bits per heavy atom. The van der Waals surface area contributed by atoms with E-state index in [-0.39, 0.29) is 23.5 Å². The number of H-pyrrole nitrogens is 1. The minimum atomic E-state index is -0.384. The molecule has 1 aliphatic rings. The van der Waals surface area contributed by atoms with Crippen LogP contribution in [0.1, 0.15) is 19.8 Å². The number of fused-ring (bicyclic) bond motifs is 1. The molecule has 2 atom stereocenters. The predicted octanol–water partition coefficient (Wildman–Crippen LogP) is 2.03. The number of hydrogen-bond donors (Lipinski definition) is 3. The summed E-state index contributed by atoms with van der Waals surface area (Å²) < 4.78 is 13.8. The van der Waals surface area contributed by atoms with Crippen molar-refractivity contribution in [2.45, 2.75) is 25.8 Å². The van der Waals surface area contributed by atoms with Crippen LogP contribution in [-0.2, 0) is 4.79 Å². The molecule has 0 radical (unpaired) electrons. The number of halogens is 1. The molecule has 1 saturated heterocycles. The highest BCUT2D eigenvalue weighted by Crippen LogP contribution is 2.25. The SMILES string of the molecule is C[C@H]1C[C@@H](C(=O)Nc2n[nH]c3cccc(F)c23)CCN1. The summed E-state index contributed by atoms with van der Waals surface area (Å²) in [5, 5.41) is 13.1. The van der Waals surface area contributed by atoms with Gasteiger partial charge in [-0.15, -0.1) is 0 Å². The topological polar surface area (TPSA) is 69.8 Å². The third-order valence-corrected chi connectivity index (χ3v) is 3.77. The molecule has 0 saturated carbocycles. The minimum Gasteiger partial charge on any atom is -0.314 e. The third-order valence-electron chi connectivity index (χ3n) is 3.77. The van der Waals surface area contributed by atoms with Gasteiger partial charge < -0.3 is 10.6 Å². The molecule has 1 aromatic carbocycles. The number of carbonyl (C=O) groups excluding carboxylic acids is 1. The van der Waals surface area contributed by atoms with Crippen molar-refractivity contribution in [2.24, 2.45) is 5.92 Å². The van der Waals surface area contributed by atoms with Crippen molar-refractivity contribution in [2.75, 3.05) is 11.9 Å². The fourth-order valence-electron chi connectivity index (χ4n) is 2.71. The number of carbonyl (C=O) groups is 1. The second kappa shape index (κ2) is 5.20. The first-order chi connectivity index (χ1) is 9.65. The lowest BCUT2D eigenvalue weighted by atomic mass is 9.92. The molecule has 3 rings (SSSR count). The average molecular weight is 276 g/mol. The number of nitrogens with zero attached hydrogens (tertiary/aromatic N) is 1. The molecule has 0 bridgehead atoms. The van der Waals surface area contributed by atoms with Crippen LogP contribution in [-0.4, -0.2) is 28.7 Å². The highest BCUT2D eigenvalue weighted by atomic mass is 19.1. The zero-order valence-corrected chi connectivity index (χ0v) is 11.2. The molecule has 0 unspecified atom stereocenters. The molecule has 0 spiro atoms. The van der Waals surface area contributed by atoms with Crippen molar-refractivity contribution < 1.29 is 9.18 Å². The average Bonchev–Trinajstić information content (AvgIpc) is 2.83. The van der Waals surface area contributed by atoms with E-state index in [0.29, 0.717) is 16.9 Å². The number of hydrogen-bond acceptors (Lipinski definition) is 3. The Kier molecular flexibility index (Phi) is 3.40. The van der Waals surface area contributed by atoms with Crippen LogP contribution in [0.4, 0.5) is 10.2 Å². The molecular weight excluding hydrogens is 259 g/mol. The molecule has 2 heterocycles. The summed E-state index contributed by atoms with van der Waals surface area (Å²) in [7, 11) is 0. The minimum absolute atomic E-state index is 0.0511. The number of piperidine rings is 1. The van der Waals surface area contributed by atoms with Gasteiger partial charge in [0.1, 0.15) is 5.82 Å². The van der Waals surface area contributed by atoms with E-state index in [9.17, 15) is 9.18 Å². The Morgan fingerprint density at radius 3 is 3.15 bits per heavy atom. The van der Waals surface area contributed by atoms with Crippen LogP contribution in [0.25, 0.3) is 10.9 Å². The largest absolute Gasteiger partial charge is 0.314 e. The van der Waals surface area contributed by atoms with Crippen molar-refractivity contribution in [1.29, 1.82) is 0 Å². The van der Waals surface area contributed by atoms with E-state index in [0.717, 1.165) is 19.4 Å². The maximum absolute atomic E-state index is 13.8. The first-order valence-corrected chi connectivity index (χ1v) is 6.82. The Hall–Kier alpha value is -1.95. The molecule has 1 aromatic heterocycles. The van der Waals surface area contributed by atoms with Gasteiger partial charge in [0.15, 0.2) is 5.82 Å². The summed E-state index contributed by atoms with van der Waals surface area (Å²) in [5.41, 5.74) is 0.582. The molecule has 5 nitrogen and oxygen atoms in total. The van der Waals surface area contributed by atoms with Gasteiger partial charge in [-0.05, 0) is 38.4 Å². The van der Waals surface area contributed by atoms with E-state index in [4.69, 9.17) is 0 Å². The van der Waals surface area contributed by atoms with Crippen molar-refractivity contribution in [3.8, 4) is 0 Å². The zero-order chi connectivity index (χ0) is 14.1. The van der Waals surface area contributed by atoms with Crippen LogP contribution in [0.3, 0.4) is 0 Å². The van der Waals surface area contributed by atoms with Crippen molar-refractivity contribution in [3.05, 3.63) is 24.0 Å². The lowest BCUT2D eigenvalue weighted by Gasteiger charge is -2.26. The maximum atomic E-state index is 13.8. The summed E-state index contributed by atoms with van der Waals surface area (Å²) >= 11 is 0. The van der Waals surface area contributed by atoms with Crippen LogP contribution in [0, 0.1) is 11.7 Å². The quantitative estimate of drug-likeness (QED) is 0.786. The van der Waals surface area contributed by atoms with E-state index < -0.39 is 0 Å². The van der Waals surface area contributed by atoms with Crippen LogP contribution in [0.5, 0.6) is 0 Å². The normalized spacial score (nSPS) is 22.9. The van der Waals surface area contributed by atoms with Gasteiger partial charge in [-0.25, -0.2) is 4.39 Å². The fourth-order valence-corrected chi connectivity index (χ4v) is 2.71. The molecule has 20 heavy (non-hydrogen) atoms. The standard InChI is InChI=1S/C14H17FN4O/c1-8-7-9(5-6-16-8)14(20)17-13-12-10(15)3-2-4-11(12)18-19-13/h2-4,8-9,16H,5-7H2,1H3,(H2,17,18,19,20)/t8-,9-/m0/s1. The van der Waals surface area contributed by atoms with Gasteiger partial charge in [0.2, 0.25) is 5.91 Å². The highest BCUT2D eigenvalue weighted by Gasteiger charge is 2.25. The lowest BCUT2D eigenvalue weighted by Crippen LogP contribution is -2.40. The van der Waals surface area contributed by atoms with Crippen LogP contribution >= 0.6 is 0 Å². The summed E-state index contributed by atoms with van der Waals surface area (Å²) in [6.45, 7) is 2.89. The second-order valence-corrected chi connectivity index (χ2v) is 5.30. The summed E-state index contributed by atoms with van der Waals surface area (Å²) in [5.74, 6) is -0.251. The lowest BCUT2D eigenvalue weighted by molar-refractivity contribution is -0.120. The number of nitrogens with one attached hydrogen (secondary N) is 3. The van der Waals surface area contributed by atoms with Crippen LogP contribution in [0.15, 0.2) is 18.2 Å². The molecule has 1 amide bonds. The first-order valence-electron chi connectivity index (χ1n) is 6.82. The third kappa shape index (κ3) is 2.38. The Balaban J connectivity index is 1.81. The monoisotopic (exact) mass is 276 g/mol. The van der Waals surface area contributed by atoms with Crippen LogP contribution in [0.2, 0.25) is 0 Å². The molecule has 106 valence electrons. The van der Waals surface area contributed by atoms with Gasteiger partial charge >= 0.3 is 0 Å². The fraction of sp³-hybridized carbons (Fsp3) is 0.429. The van der Waals surface area contributed by atoms with Gasteiger partial charge in [0.05, 0.1) is 10.9 Å². The molecule has 3 N–H and O–H groups in total. The van der Waals surface area contributed by atoms with Gasteiger partial charge in [-0.3, -0.25) is 9.89 Å². The maximum Gasteiger partial charge on any atom is 0.228 e. The Bertz CT molecular complexity index is 639. The van der Waals surface area contributed by atoms with E-state index in [1.807, 2.05) is 0 Å². The predicted molar refractivity (Wildman–Crippen MR) is 74.9 cm³/mol. The first kappa shape index (κ1) is 13.1. The number of benzene rings is 1. The molecule has 2 aromatic rings. The number of aromatic amines is 1. The van der Waals surface area contributed by atoms with Crippen molar-refractivity contribution in [1.82, 2.24) is 15.5 Å². The smallest absolute Gasteiger partial charge is 0.228 e. The van der Waals surface area contributed by atoms with E-state index in [2.05, 4.69) is 27.8 Å². The Morgan fingerprint density at radius 1 is 1.50 bits per heavy atom. The van der Waals surface area contributed by atoms with Gasteiger partial charge in [0.25, 0.3) is 0 Å². The number of aromatic nitrogens is 2. The number of anilines is 1. The zero-order valence-electron chi connectivity index (χ0n) is 11.2. The van der Waals surface area contributed by atoms with Crippen molar-refractivity contribution in [3.63, 3.8) is 0 Å². The van der Waals surface area contributed by atoms with Crippen molar-refractivity contribution >= 4 is 22.6 Å². The molecular formula is C14H17FN4O. The molecule has 1 aliphatic heterocycles. The Labute approximate surface area is 115 Å². The number of amides is 1. The summed E-state index contributed by atoms with van der Waals surface area (Å²) in [6, 6.07) is 5.02. The van der Waals surface area contributed by atoms with Gasteiger partial charge in [-0.1, -0.05) is 6.07 Å². The molecule has 0 aliphatic carbocycles.